The third-order valence-electron chi connectivity index (χ3n) is 7.04. The first-order valence-electron chi connectivity index (χ1n) is 13.0. The number of benzene rings is 2. The van der Waals surface area contributed by atoms with Gasteiger partial charge in [0.05, 0.1) is 18.5 Å². The molecule has 4 unspecified atom stereocenters. The number of nitrogens with zero attached hydrogens (tertiary/aromatic N) is 3. The van der Waals surface area contributed by atoms with E-state index in [2.05, 4.69) is 72.9 Å². The third-order valence-corrected chi connectivity index (χ3v) is 7.04. The summed E-state index contributed by atoms with van der Waals surface area (Å²) in [5.74, 6) is -0.977. The van der Waals surface area contributed by atoms with Crippen LogP contribution in [0, 0.1) is 11.3 Å². The smallest absolute Gasteiger partial charge is 0.327 e. The highest BCUT2D eigenvalue weighted by molar-refractivity contribution is 5.98. The maximum atomic E-state index is 13.4. The van der Waals surface area contributed by atoms with Crippen molar-refractivity contribution in [1.29, 1.82) is 0 Å². The average Bonchev–Trinajstić information content (AvgIpc) is 3.30. The SMILES string of the molecule is CN1C(=O)C(C(NCc2ccc(C3NCCN3C)cc2)Nc2ccccc2)C(N)N(CC(C)(C)C)C1=O. The molecule has 0 radical (unpaired) electrons. The molecular weight excluding hydrogens is 466 g/mol. The third kappa shape index (κ3) is 6.30. The minimum atomic E-state index is -0.768. The van der Waals surface area contributed by atoms with Crippen LogP contribution in [0.4, 0.5) is 10.5 Å². The molecule has 2 aliphatic rings. The Hall–Kier alpha value is -2.98. The summed E-state index contributed by atoms with van der Waals surface area (Å²) in [5.41, 5.74) is 9.69. The van der Waals surface area contributed by atoms with Gasteiger partial charge in [-0.15, -0.1) is 0 Å². The Morgan fingerprint density at radius 1 is 1.05 bits per heavy atom. The molecule has 2 aliphatic heterocycles. The largest absolute Gasteiger partial charge is 0.369 e. The molecule has 0 spiro atoms. The summed E-state index contributed by atoms with van der Waals surface area (Å²) in [6.45, 7) is 9.16. The van der Waals surface area contributed by atoms with E-state index in [1.54, 1.807) is 4.90 Å². The van der Waals surface area contributed by atoms with Crippen LogP contribution in [0.15, 0.2) is 54.6 Å². The molecule has 2 aromatic rings. The van der Waals surface area contributed by atoms with Gasteiger partial charge in [0.2, 0.25) is 5.91 Å². The normalized spacial score (nSPS) is 24.0. The lowest BCUT2D eigenvalue weighted by Crippen LogP contribution is -2.69. The van der Waals surface area contributed by atoms with Gasteiger partial charge in [-0.25, -0.2) is 4.79 Å². The number of carbonyl (C=O) groups excluding carboxylic acids is 2. The van der Waals surface area contributed by atoms with Gasteiger partial charge in [0, 0.05) is 38.9 Å². The maximum Gasteiger partial charge on any atom is 0.327 e. The summed E-state index contributed by atoms with van der Waals surface area (Å²) < 4.78 is 0. The van der Waals surface area contributed by atoms with Crippen LogP contribution in [0.3, 0.4) is 0 Å². The van der Waals surface area contributed by atoms with Gasteiger partial charge < -0.3 is 16.0 Å². The quantitative estimate of drug-likeness (QED) is 0.407. The van der Waals surface area contributed by atoms with Gasteiger partial charge >= 0.3 is 6.03 Å². The molecule has 0 aliphatic carbocycles. The highest BCUT2D eigenvalue weighted by Gasteiger charge is 2.47. The molecule has 2 aromatic carbocycles. The van der Waals surface area contributed by atoms with Crippen molar-refractivity contribution >= 4 is 17.6 Å². The Labute approximate surface area is 220 Å². The Morgan fingerprint density at radius 2 is 1.73 bits per heavy atom. The van der Waals surface area contributed by atoms with E-state index in [0.717, 1.165) is 24.3 Å². The van der Waals surface area contributed by atoms with E-state index in [1.165, 1.54) is 17.5 Å². The van der Waals surface area contributed by atoms with E-state index in [4.69, 9.17) is 5.73 Å². The van der Waals surface area contributed by atoms with Crippen LogP contribution < -0.4 is 21.7 Å². The Morgan fingerprint density at radius 3 is 2.32 bits per heavy atom. The fraction of sp³-hybridized carbons (Fsp3) is 0.500. The second-order valence-corrected chi connectivity index (χ2v) is 11.3. The number of imide groups is 1. The summed E-state index contributed by atoms with van der Waals surface area (Å²) >= 11 is 0. The molecule has 3 amide bonds. The van der Waals surface area contributed by atoms with E-state index in [1.807, 2.05) is 30.3 Å². The number of rotatable bonds is 8. The summed E-state index contributed by atoms with van der Waals surface area (Å²) in [7, 11) is 3.65. The van der Waals surface area contributed by atoms with Crippen molar-refractivity contribution in [3.63, 3.8) is 0 Å². The van der Waals surface area contributed by atoms with E-state index >= 15 is 0 Å². The fourth-order valence-electron chi connectivity index (χ4n) is 5.06. The van der Waals surface area contributed by atoms with Crippen LogP contribution >= 0.6 is 0 Å². The molecule has 2 heterocycles. The number of para-hydroxylation sites is 1. The highest BCUT2D eigenvalue weighted by Crippen LogP contribution is 2.27. The molecule has 4 rings (SSSR count). The Balaban J connectivity index is 1.56. The highest BCUT2D eigenvalue weighted by atomic mass is 16.2. The Kier molecular flexibility index (Phi) is 8.18. The van der Waals surface area contributed by atoms with Crippen LogP contribution in [-0.4, -0.2) is 72.7 Å². The van der Waals surface area contributed by atoms with E-state index in [0.29, 0.717) is 13.1 Å². The maximum absolute atomic E-state index is 13.4. The van der Waals surface area contributed by atoms with Crippen LogP contribution in [0.25, 0.3) is 0 Å². The van der Waals surface area contributed by atoms with Crippen molar-refractivity contribution in [3.05, 3.63) is 65.7 Å². The molecule has 4 atom stereocenters. The number of hydrogen-bond acceptors (Lipinski definition) is 7. The Bertz CT molecular complexity index is 1070. The lowest BCUT2D eigenvalue weighted by Gasteiger charge is -2.46. The molecule has 0 aromatic heterocycles. The van der Waals surface area contributed by atoms with Gasteiger partial charge in [-0.3, -0.25) is 25.2 Å². The zero-order chi connectivity index (χ0) is 26.7. The molecule has 37 heavy (non-hydrogen) atoms. The first-order chi connectivity index (χ1) is 17.5. The first kappa shape index (κ1) is 27.1. The van der Waals surface area contributed by atoms with Gasteiger partial charge in [-0.05, 0) is 35.7 Å². The molecule has 5 N–H and O–H groups in total. The molecule has 0 saturated carbocycles. The second kappa shape index (κ2) is 11.2. The number of carbonyl (C=O) groups is 2. The number of amides is 3. The summed E-state index contributed by atoms with van der Waals surface area (Å²) in [6, 6.07) is 17.9. The van der Waals surface area contributed by atoms with E-state index in [-0.39, 0.29) is 23.5 Å². The van der Waals surface area contributed by atoms with Crippen molar-refractivity contribution < 1.29 is 9.59 Å². The number of likely N-dealkylation sites (N-methyl/N-ethyl adjacent to an activating group) is 1. The van der Waals surface area contributed by atoms with Gasteiger partial charge in [0.15, 0.2) is 0 Å². The summed E-state index contributed by atoms with van der Waals surface area (Å²) in [4.78, 5) is 31.5. The number of nitrogens with one attached hydrogen (secondary N) is 3. The standard InChI is InChI=1S/C28H41N7O2/c1-28(2,3)18-35-23(29)22(26(36)34(5)27(35)37)24(32-21-9-7-6-8-10-21)31-17-19-11-13-20(14-12-19)25-30-15-16-33(25)4/h6-14,22-25,30-32H,15-18,29H2,1-5H3. The van der Waals surface area contributed by atoms with Crippen LogP contribution in [0.5, 0.6) is 0 Å². The number of nitrogens with two attached hydrogens (primary N) is 1. The topological polar surface area (TPSA) is 106 Å². The van der Waals surface area contributed by atoms with Crippen molar-refractivity contribution in [2.24, 2.45) is 17.1 Å². The number of hydrogen-bond donors (Lipinski definition) is 4. The van der Waals surface area contributed by atoms with Crippen LogP contribution in [0.1, 0.15) is 38.1 Å². The first-order valence-corrected chi connectivity index (χ1v) is 13.0. The van der Waals surface area contributed by atoms with Crippen molar-refractivity contribution in [2.45, 2.75) is 45.8 Å². The monoisotopic (exact) mass is 507 g/mol. The lowest BCUT2D eigenvalue weighted by atomic mass is 9.91. The zero-order valence-electron chi connectivity index (χ0n) is 22.6. The van der Waals surface area contributed by atoms with Crippen molar-refractivity contribution in [2.75, 3.05) is 39.0 Å². The zero-order valence-corrected chi connectivity index (χ0v) is 22.6. The molecule has 2 fully saturated rings. The van der Waals surface area contributed by atoms with E-state index in [9.17, 15) is 9.59 Å². The predicted octanol–water partition coefficient (Wildman–Crippen LogP) is 2.59. The molecule has 9 heteroatoms. The van der Waals surface area contributed by atoms with Crippen molar-refractivity contribution in [1.82, 2.24) is 25.3 Å². The summed E-state index contributed by atoms with van der Waals surface area (Å²) in [5, 5.41) is 10.5. The second-order valence-electron chi connectivity index (χ2n) is 11.3. The molecule has 2 saturated heterocycles. The fourth-order valence-corrected chi connectivity index (χ4v) is 5.06. The molecule has 9 nitrogen and oxygen atoms in total. The van der Waals surface area contributed by atoms with Gasteiger partial charge in [-0.1, -0.05) is 63.2 Å². The number of urea groups is 1. The molecule has 200 valence electrons. The predicted molar refractivity (Wildman–Crippen MR) is 146 cm³/mol. The van der Waals surface area contributed by atoms with E-state index < -0.39 is 18.2 Å². The van der Waals surface area contributed by atoms with Gasteiger partial charge in [0.1, 0.15) is 5.92 Å². The molecular formula is C28H41N7O2. The summed E-state index contributed by atoms with van der Waals surface area (Å²) in [6.07, 6.45) is -1.03. The minimum absolute atomic E-state index is 0.168. The van der Waals surface area contributed by atoms with Gasteiger partial charge in [-0.2, -0.15) is 0 Å². The van der Waals surface area contributed by atoms with Gasteiger partial charge in [0.25, 0.3) is 0 Å². The molecule has 0 bridgehead atoms. The lowest BCUT2D eigenvalue weighted by molar-refractivity contribution is -0.139. The van der Waals surface area contributed by atoms with Crippen LogP contribution in [-0.2, 0) is 11.3 Å². The minimum Gasteiger partial charge on any atom is -0.369 e. The number of anilines is 1. The average molecular weight is 508 g/mol. The van der Waals surface area contributed by atoms with Crippen molar-refractivity contribution in [3.8, 4) is 0 Å². The van der Waals surface area contributed by atoms with Crippen LogP contribution in [0.2, 0.25) is 0 Å².